The first-order chi connectivity index (χ1) is 23.3. The van der Waals surface area contributed by atoms with Gasteiger partial charge >= 0.3 is 16.1 Å². The fraction of sp³-hybridized carbons (Fsp3) is 0.294. The lowest BCUT2D eigenvalue weighted by atomic mass is 9.83. The minimum Gasteiger partial charge on any atom is -0.748 e. The van der Waals surface area contributed by atoms with Gasteiger partial charge in [-0.25, -0.2) is 17.8 Å². The number of likely N-dealkylation sites (N-methyl/N-ethyl adjacent to an activating group) is 2. The molecule has 0 radical (unpaired) electrons. The van der Waals surface area contributed by atoms with E-state index < -0.39 is 63.8 Å². The van der Waals surface area contributed by atoms with Crippen molar-refractivity contribution in [3.8, 4) is 11.5 Å². The average molecular weight is 759 g/mol. The molecule has 0 aliphatic carbocycles. The van der Waals surface area contributed by atoms with Gasteiger partial charge in [-0.3, -0.25) is 9.11 Å². The van der Waals surface area contributed by atoms with Crippen molar-refractivity contribution in [2.24, 2.45) is 0 Å². The second-order valence-corrected chi connectivity index (χ2v) is 18.1. The third kappa shape index (κ3) is 6.38. The number of ether oxygens (including phenoxy) is 1. The fourth-order valence-corrected chi connectivity index (χ4v) is 9.11. The van der Waals surface area contributed by atoms with Crippen LogP contribution in [0.1, 0.15) is 60.3 Å². The summed E-state index contributed by atoms with van der Waals surface area (Å²) < 4.78 is 116. The van der Waals surface area contributed by atoms with Gasteiger partial charge in [-0.05, 0) is 54.8 Å². The number of benzene rings is 3. The van der Waals surface area contributed by atoms with Crippen LogP contribution in [0.5, 0.6) is 11.5 Å². The Kier molecular flexibility index (Phi) is 8.25. The number of rotatable bonds is 7. The second kappa shape index (κ2) is 11.6. The van der Waals surface area contributed by atoms with E-state index in [9.17, 15) is 48.8 Å². The molecule has 3 aliphatic heterocycles. The number of fused-ring (bicyclic) bond motifs is 4. The maximum absolute atomic E-state index is 13.5. The molecule has 0 bridgehead atoms. The molecule has 3 aliphatic rings. The summed E-state index contributed by atoms with van der Waals surface area (Å²) >= 11 is 0. The van der Waals surface area contributed by atoms with E-state index >= 15 is 0 Å². The molecule has 51 heavy (non-hydrogen) atoms. The van der Waals surface area contributed by atoms with E-state index in [0.717, 1.165) is 0 Å². The summed E-state index contributed by atoms with van der Waals surface area (Å²) in [6.07, 6.45) is 3.16. The van der Waals surface area contributed by atoms with Gasteiger partial charge in [0.25, 0.3) is 10.1 Å². The van der Waals surface area contributed by atoms with Gasteiger partial charge in [0, 0.05) is 54.6 Å². The SMILES string of the molecule is CN1c2cc3c(cc2C(CS(=O)(=O)[O-])=CC1(C)C)C(c1ccccc1C(=O)O)=c1cc2c(c(S(=O)(=O)O)c1O3)=[N+](C)C(C)(C)C=C2CS(=O)(=O)O. The van der Waals surface area contributed by atoms with Gasteiger partial charge in [0.15, 0.2) is 11.3 Å². The lowest BCUT2D eigenvalue weighted by Crippen LogP contribution is -2.49. The van der Waals surface area contributed by atoms with E-state index in [1.54, 1.807) is 51.8 Å². The van der Waals surface area contributed by atoms with E-state index in [-0.39, 0.29) is 61.0 Å². The van der Waals surface area contributed by atoms with Crippen LogP contribution in [-0.4, -0.2) is 86.7 Å². The van der Waals surface area contributed by atoms with Gasteiger partial charge in [0.2, 0.25) is 10.3 Å². The number of carboxylic acids is 1. The first-order valence-electron chi connectivity index (χ1n) is 15.4. The van der Waals surface area contributed by atoms with Gasteiger partial charge < -0.3 is 19.3 Å². The number of nitrogens with zero attached hydrogens (tertiary/aromatic N) is 2. The highest BCUT2D eigenvalue weighted by atomic mass is 32.2. The average Bonchev–Trinajstić information content (AvgIpc) is 2.97. The van der Waals surface area contributed by atoms with Crippen LogP contribution in [0.2, 0.25) is 0 Å². The van der Waals surface area contributed by atoms with E-state index in [0.29, 0.717) is 11.3 Å². The monoisotopic (exact) mass is 758 g/mol. The summed E-state index contributed by atoms with van der Waals surface area (Å²) in [5.74, 6) is -3.49. The molecule has 0 unspecified atom stereocenters. The van der Waals surface area contributed by atoms with Crippen LogP contribution in [0.3, 0.4) is 0 Å². The maximum Gasteiger partial charge on any atom is 0.336 e. The largest absolute Gasteiger partial charge is 0.748 e. The Morgan fingerprint density at radius 2 is 1.51 bits per heavy atom. The van der Waals surface area contributed by atoms with Crippen molar-refractivity contribution >= 4 is 58.7 Å². The molecule has 270 valence electrons. The molecule has 3 N–H and O–H groups in total. The van der Waals surface area contributed by atoms with Crippen molar-refractivity contribution in [1.29, 1.82) is 0 Å². The highest BCUT2D eigenvalue weighted by Gasteiger charge is 2.41. The number of hydrogen-bond donors (Lipinski definition) is 3. The van der Waals surface area contributed by atoms with Crippen molar-refractivity contribution in [3.05, 3.63) is 93.0 Å². The van der Waals surface area contributed by atoms with Crippen LogP contribution in [0.25, 0.3) is 16.7 Å². The topological polar surface area (TPSA) is 219 Å². The summed E-state index contributed by atoms with van der Waals surface area (Å²) in [5.41, 5.74) is -0.812. The van der Waals surface area contributed by atoms with Crippen molar-refractivity contribution < 1.29 is 53.5 Å². The minimum absolute atomic E-state index is 0.000126. The third-order valence-electron chi connectivity index (χ3n) is 9.59. The highest BCUT2D eigenvalue weighted by Crippen LogP contribution is 2.47. The van der Waals surface area contributed by atoms with Crippen molar-refractivity contribution in [2.45, 2.75) is 43.7 Å². The molecule has 3 heterocycles. The maximum atomic E-state index is 13.5. The number of carboxylic acid groups (broad SMARTS) is 1. The Morgan fingerprint density at radius 1 is 0.882 bits per heavy atom. The molecule has 0 aromatic heterocycles. The summed E-state index contributed by atoms with van der Waals surface area (Å²) in [6, 6.07) is 10.3. The predicted molar refractivity (Wildman–Crippen MR) is 188 cm³/mol. The Labute approximate surface area is 294 Å². The molecule has 0 spiro atoms. The molecule has 6 rings (SSSR count). The highest BCUT2D eigenvalue weighted by molar-refractivity contribution is 7.86. The van der Waals surface area contributed by atoms with Crippen LogP contribution in [0.4, 0.5) is 5.69 Å². The van der Waals surface area contributed by atoms with Gasteiger partial charge in [0.1, 0.15) is 18.6 Å². The molecule has 3 aromatic carbocycles. The first-order valence-corrected chi connectivity index (χ1v) is 20.0. The molecule has 0 amide bonds. The van der Waals surface area contributed by atoms with Gasteiger partial charge in [0.05, 0.1) is 32.5 Å². The number of hydrogen-bond acceptors (Lipinski definition) is 10. The van der Waals surface area contributed by atoms with Crippen molar-refractivity contribution in [2.75, 3.05) is 30.5 Å². The van der Waals surface area contributed by atoms with Crippen LogP contribution in [0, 0.1) is 0 Å². The quantitative estimate of drug-likeness (QED) is 0.182. The number of anilines is 1. The van der Waals surface area contributed by atoms with Crippen LogP contribution < -0.4 is 24.8 Å². The molecule has 3 aromatic rings. The number of aromatic carboxylic acids is 1. The van der Waals surface area contributed by atoms with E-state index in [2.05, 4.69) is 0 Å². The summed E-state index contributed by atoms with van der Waals surface area (Å²) in [5, 5.41) is 10.1. The van der Waals surface area contributed by atoms with Crippen LogP contribution in [0.15, 0.2) is 59.5 Å². The molecule has 14 nitrogen and oxygen atoms in total. The summed E-state index contributed by atoms with van der Waals surface area (Å²) in [7, 11) is -11.4. The lowest BCUT2D eigenvalue weighted by molar-refractivity contribution is 0.0696. The molecular weight excluding hydrogens is 725 g/mol. The smallest absolute Gasteiger partial charge is 0.336 e. The Morgan fingerprint density at radius 3 is 2.10 bits per heavy atom. The second-order valence-electron chi connectivity index (χ2n) is 13.8. The number of carbonyl (C=O) groups is 1. The Bertz CT molecular complexity index is 2640. The Hall–Kier alpha value is -4.39. The van der Waals surface area contributed by atoms with Crippen molar-refractivity contribution in [1.82, 2.24) is 4.58 Å². The molecule has 0 atom stereocenters. The zero-order valence-electron chi connectivity index (χ0n) is 28.2. The van der Waals surface area contributed by atoms with Gasteiger partial charge in [-0.15, -0.1) is 0 Å². The summed E-state index contributed by atoms with van der Waals surface area (Å²) in [4.78, 5) is 13.7. The van der Waals surface area contributed by atoms with E-state index in [1.807, 2.05) is 0 Å². The van der Waals surface area contributed by atoms with Crippen LogP contribution in [-0.2, 0) is 30.4 Å². The molecule has 0 saturated heterocycles. The zero-order valence-corrected chi connectivity index (χ0v) is 30.7. The van der Waals surface area contributed by atoms with Gasteiger partial charge in [-0.1, -0.05) is 24.3 Å². The van der Waals surface area contributed by atoms with E-state index in [4.69, 9.17) is 4.74 Å². The van der Waals surface area contributed by atoms with Crippen LogP contribution >= 0.6 is 0 Å². The first kappa shape index (κ1) is 36.4. The molecule has 0 saturated carbocycles. The Balaban J connectivity index is 1.88. The zero-order chi connectivity index (χ0) is 37.8. The van der Waals surface area contributed by atoms with E-state index in [1.165, 1.54) is 54.1 Å². The minimum atomic E-state index is -5.20. The normalized spacial score (nSPS) is 17.7. The third-order valence-corrected chi connectivity index (χ3v) is 11.8. The van der Waals surface area contributed by atoms with Crippen molar-refractivity contribution in [3.63, 3.8) is 0 Å². The lowest BCUT2D eigenvalue weighted by Gasteiger charge is -2.42. The molecular formula is C34H34N2O12S3. The van der Waals surface area contributed by atoms with Gasteiger partial charge in [-0.2, -0.15) is 16.8 Å². The standard InChI is InChI=1S/C34H34N2O12S3/c1-33(2)14-18(16-49(39,40)41)22-11-24-27(13-26(22)35(33)5)48-30-25(28(24)20-9-7-8-10-21(20)32(37)38)12-23-19(17-50(42,43)44)15-34(3,4)36(6)29(23)31(30)51(45,46)47/h7-15H,16-17H2,1-6H3,(H3-,37,38,39,40,41,42,43,44,45,46,47). The molecule has 17 heteroatoms. The summed E-state index contributed by atoms with van der Waals surface area (Å²) in [6.45, 7) is 6.92. The predicted octanol–water partition coefficient (Wildman–Crippen LogP) is 2.33. The molecule has 0 fully saturated rings. The fourth-order valence-electron chi connectivity index (χ4n) is 6.98.